The average molecular weight is 502 g/mol. The van der Waals surface area contributed by atoms with Crippen molar-refractivity contribution >= 4 is 27.3 Å². The molecule has 0 aromatic carbocycles. The Morgan fingerprint density at radius 3 is 2.70 bits per heavy atom. The van der Waals surface area contributed by atoms with E-state index in [1.165, 1.54) is 4.88 Å². The number of aliphatic hydroxyl groups is 3. The normalized spacial score (nSPS) is 26.7. The Morgan fingerprint density at radius 2 is 2.03 bits per heavy atom. The highest BCUT2D eigenvalue weighted by Gasteiger charge is 2.39. The van der Waals surface area contributed by atoms with Crippen LogP contribution in [-0.2, 0) is 11.2 Å². The third kappa shape index (κ3) is 8.56. The number of ether oxygens (including phenoxy) is 1. The molecule has 1 aliphatic rings. The SMILES string of the molecule is CO[C@H](/C=C/[C@@H]1[C@@H](C/C=C\CCCC(C)CO)[C@@H](O)C[C@H]1O)CCc1ccc(Br)s1. The van der Waals surface area contributed by atoms with E-state index in [0.717, 1.165) is 42.3 Å². The molecular formula is C24H37BrO4S. The Bertz CT molecular complexity index is 659. The Labute approximate surface area is 193 Å². The van der Waals surface area contributed by atoms with E-state index in [9.17, 15) is 10.2 Å². The first-order valence-corrected chi connectivity index (χ1v) is 12.6. The molecule has 0 radical (unpaired) electrons. The molecular weight excluding hydrogens is 464 g/mol. The molecule has 0 aliphatic heterocycles. The Morgan fingerprint density at radius 1 is 1.23 bits per heavy atom. The number of hydrogen-bond donors (Lipinski definition) is 3. The number of thiophene rings is 1. The second-order valence-electron chi connectivity index (χ2n) is 8.44. The van der Waals surface area contributed by atoms with Gasteiger partial charge in [0.25, 0.3) is 0 Å². The van der Waals surface area contributed by atoms with Crippen LogP contribution in [0.3, 0.4) is 0 Å². The summed E-state index contributed by atoms with van der Waals surface area (Å²) in [5.41, 5.74) is 0. The summed E-state index contributed by atoms with van der Waals surface area (Å²) in [5, 5.41) is 30.0. The predicted octanol–water partition coefficient (Wildman–Crippen LogP) is 5.12. The minimum Gasteiger partial charge on any atom is -0.396 e. The number of methoxy groups -OCH3 is 1. The van der Waals surface area contributed by atoms with E-state index in [0.29, 0.717) is 12.3 Å². The third-order valence-electron chi connectivity index (χ3n) is 6.03. The van der Waals surface area contributed by atoms with Crippen molar-refractivity contribution in [3.8, 4) is 0 Å². The van der Waals surface area contributed by atoms with E-state index < -0.39 is 12.2 Å². The first-order chi connectivity index (χ1) is 14.4. The summed E-state index contributed by atoms with van der Waals surface area (Å²) in [4.78, 5) is 1.32. The topological polar surface area (TPSA) is 69.9 Å². The van der Waals surface area contributed by atoms with Crippen molar-refractivity contribution in [1.82, 2.24) is 0 Å². The van der Waals surface area contributed by atoms with Gasteiger partial charge in [-0.3, -0.25) is 0 Å². The number of aliphatic hydroxyl groups excluding tert-OH is 3. The summed E-state index contributed by atoms with van der Waals surface area (Å²) in [7, 11) is 1.72. The number of rotatable bonds is 13. The summed E-state index contributed by atoms with van der Waals surface area (Å²) in [6.45, 7) is 2.31. The van der Waals surface area contributed by atoms with Gasteiger partial charge in [0, 0.05) is 30.9 Å². The zero-order valence-corrected chi connectivity index (χ0v) is 20.5. The molecule has 0 bridgehead atoms. The van der Waals surface area contributed by atoms with Crippen molar-refractivity contribution in [1.29, 1.82) is 0 Å². The maximum Gasteiger partial charge on any atom is 0.0755 e. The number of unbranched alkanes of at least 4 members (excludes halogenated alkanes) is 1. The van der Waals surface area contributed by atoms with Gasteiger partial charge in [-0.25, -0.2) is 0 Å². The van der Waals surface area contributed by atoms with Crippen molar-refractivity contribution in [3.05, 3.63) is 45.1 Å². The quantitative estimate of drug-likeness (QED) is 0.259. The van der Waals surface area contributed by atoms with Crippen molar-refractivity contribution in [2.75, 3.05) is 13.7 Å². The maximum absolute atomic E-state index is 10.5. The van der Waals surface area contributed by atoms with Gasteiger partial charge in [-0.1, -0.05) is 31.2 Å². The first kappa shape index (κ1) is 25.8. The molecule has 6 heteroatoms. The molecule has 0 saturated heterocycles. The Balaban J connectivity index is 1.84. The molecule has 170 valence electrons. The largest absolute Gasteiger partial charge is 0.396 e. The fraction of sp³-hybridized carbons (Fsp3) is 0.667. The van der Waals surface area contributed by atoms with Gasteiger partial charge in [-0.05, 0) is 78.4 Å². The van der Waals surface area contributed by atoms with E-state index in [-0.39, 0.29) is 24.5 Å². The zero-order chi connectivity index (χ0) is 21.9. The van der Waals surface area contributed by atoms with Crippen molar-refractivity contribution in [2.45, 2.75) is 70.2 Å². The Hall–Kier alpha value is -0.500. The number of halogens is 1. The van der Waals surface area contributed by atoms with Crippen LogP contribution in [0.1, 0.15) is 50.3 Å². The van der Waals surface area contributed by atoms with Gasteiger partial charge >= 0.3 is 0 Å². The van der Waals surface area contributed by atoms with Gasteiger partial charge in [-0.2, -0.15) is 0 Å². The third-order valence-corrected chi connectivity index (χ3v) is 7.71. The van der Waals surface area contributed by atoms with Gasteiger partial charge in [-0.15, -0.1) is 11.3 Å². The van der Waals surface area contributed by atoms with Gasteiger partial charge in [0.2, 0.25) is 0 Å². The molecule has 30 heavy (non-hydrogen) atoms. The van der Waals surface area contributed by atoms with Crippen LogP contribution in [-0.4, -0.2) is 47.3 Å². The lowest BCUT2D eigenvalue weighted by Crippen LogP contribution is -2.20. The summed E-state index contributed by atoms with van der Waals surface area (Å²) < 4.78 is 6.76. The number of hydrogen-bond acceptors (Lipinski definition) is 5. The lowest BCUT2D eigenvalue weighted by molar-refractivity contribution is 0.120. The van der Waals surface area contributed by atoms with E-state index in [1.54, 1.807) is 18.4 Å². The van der Waals surface area contributed by atoms with Crippen LogP contribution >= 0.6 is 27.3 Å². The molecule has 1 heterocycles. The van der Waals surface area contributed by atoms with Crippen LogP contribution in [0.2, 0.25) is 0 Å². The molecule has 1 aliphatic carbocycles. The predicted molar refractivity (Wildman–Crippen MR) is 128 cm³/mol. The molecule has 1 saturated carbocycles. The van der Waals surface area contributed by atoms with Crippen molar-refractivity contribution < 1.29 is 20.1 Å². The molecule has 1 unspecified atom stereocenters. The van der Waals surface area contributed by atoms with E-state index in [2.05, 4.69) is 59.3 Å². The smallest absolute Gasteiger partial charge is 0.0755 e. The Kier molecular flexibility index (Phi) is 11.9. The van der Waals surface area contributed by atoms with Crippen LogP contribution in [0, 0.1) is 17.8 Å². The molecule has 3 N–H and O–H groups in total. The molecule has 4 nitrogen and oxygen atoms in total. The molecule has 1 aromatic rings. The first-order valence-electron chi connectivity index (χ1n) is 11.0. The summed E-state index contributed by atoms with van der Waals surface area (Å²) >= 11 is 5.25. The minimum absolute atomic E-state index is 0.000486. The standard InChI is InChI=1S/C24H37BrO4S/c1-17(16-26)7-5-3-4-6-8-20-21(23(28)15-22(20)27)13-10-18(29-2)9-11-19-12-14-24(25)30-19/h4,6,10,12-14,17-18,20-23,26-28H,3,5,7-9,11,15-16H2,1-2H3/b6-4-,13-10+/t17?,18-,20+,21+,22-,23+/m0/s1. The van der Waals surface area contributed by atoms with Crippen LogP contribution in [0.5, 0.6) is 0 Å². The number of aryl methyl sites for hydroxylation is 1. The second-order valence-corrected chi connectivity index (χ2v) is 11.0. The molecule has 2 rings (SSSR count). The fourth-order valence-corrected chi connectivity index (χ4v) is 5.57. The fourth-order valence-electron chi connectivity index (χ4n) is 4.07. The highest BCUT2D eigenvalue weighted by Crippen LogP contribution is 2.36. The number of allylic oxidation sites excluding steroid dienone is 2. The zero-order valence-electron chi connectivity index (χ0n) is 18.1. The highest BCUT2D eigenvalue weighted by atomic mass is 79.9. The summed E-state index contributed by atoms with van der Waals surface area (Å²) in [6.07, 6.45) is 13.6. The van der Waals surface area contributed by atoms with Crippen molar-refractivity contribution in [3.63, 3.8) is 0 Å². The minimum atomic E-state index is -0.509. The van der Waals surface area contributed by atoms with E-state index in [4.69, 9.17) is 9.84 Å². The summed E-state index contributed by atoms with van der Waals surface area (Å²) in [5.74, 6) is 0.344. The molecule has 1 fully saturated rings. The van der Waals surface area contributed by atoms with E-state index >= 15 is 0 Å². The molecule has 0 amide bonds. The lowest BCUT2D eigenvalue weighted by atomic mass is 9.89. The molecule has 0 spiro atoms. The lowest BCUT2D eigenvalue weighted by Gasteiger charge is -2.20. The van der Waals surface area contributed by atoms with Crippen LogP contribution in [0.25, 0.3) is 0 Å². The van der Waals surface area contributed by atoms with E-state index in [1.807, 2.05) is 0 Å². The van der Waals surface area contributed by atoms with Gasteiger partial charge < -0.3 is 20.1 Å². The van der Waals surface area contributed by atoms with Crippen LogP contribution < -0.4 is 0 Å². The van der Waals surface area contributed by atoms with Gasteiger partial charge in [0.15, 0.2) is 0 Å². The average Bonchev–Trinajstić information content (AvgIpc) is 3.26. The maximum atomic E-state index is 10.5. The molecule has 6 atom stereocenters. The van der Waals surface area contributed by atoms with Crippen molar-refractivity contribution in [2.24, 2.45) is 17.8 Å². The molecule has 1 aromatic heterocycles. The van der Waals surface area contributed by atoms with Crippen LogP contribution in [0.15, 0.2) is 40.2 Å². The summed E-state index contributed by atoms with van der Waals surface area (Å²) in [6, 6.07) is 4.20. The van der Waals surface area contributed by atoms with Gasteiger partial charge in [0.05, 0.1) is 22.1 Å². The van der Waals surface area contributed by atoms with Gasteiger partial charge in [0.1, 0.15) is 0 Å². The second kappa shape index (κ2) is 13.8. The monoisotopic (exact) mass is 500 g/mol. The highest BCUT2D eigenvalue weighted by molar-refractivity contribution is 9.11. The van der Waals surface area contributed by atoms with Crippen LogP contribution in [0.4, 0.5) is 0 Å².